The number of rotatable bonds is 0. The van der Waals surface area contributed by atoms with Crippen LogP contribution in [-0.4, -0.2) is 14.4 Å². The largest absolute Gasteiger partial charge is 0.290 e. The summed E-state index contributed by atoms with van der Waals surface area (Å²) in [4.78, 5) is 7.97. The van der Waals surface area contributed by atoms with Crippen molar-refractivity contribution < 1.29 is 0 Å². The van der Waals surface area contributed by atoms with Crippen molar-refractivity contribution in [2.75, 3.05) is 0 Å². The van der Waals surface area contributed by atoms with Gasteiger partial charge in [0, 0.05) is 18.3 Å². The summed E-state index contributed by atoms with van der Waals surface area (Å²) >= 11 is 0. The third-order valence-electron chi connectivity index (χ3n) is 1.56. The maximum Gasteiger partial charge on any atom is 0.156 e. The first-order chi connectivity index (χ1) is 6.42. The Morgan fingerprint density at radius 1 is 1.38 bits per heavy atom. The van der Waals surface area contributed by atoms with E-state index in [0.717, 1.165) is 5.65 Å². The lowest BCUT2D eigenvalue weighted by atomic mass is 10.4. The first kappa shape index (κ1) is 7.33. The quantitative estimate of drug-likeness (QED) is 0.541. The van der Waals surface area contributed by atoms with Crippen LogP contribution < -0.4 is 0 Å². The predicted molar refractivity (Wildman–Crippen MR) is 45.5 cm³/mol. The fourth-order valence-electron chi connectivity index (χ4n) is 1.03. The fourth-order valence-corrected chi connectivity index (χ4v) is 1.03. The molecule has 4 nitrogen and oxygen atoms in total. The summed E-state index contributed by atoms with van der Waals surface area (Å²) in [7, 11) is 0. The zero-order valence-corrected chi connectivity index (χ0v) is 6.60. The van der Waals surface area contributed by atoms with Gasteiger partial charge in [-0.25, -0.2) is 4.98 Å². The van der Waals surface area contributed by atoms with Crippen LogP contribution in [0.5, 0.6) is 0 Å². The van der Waals surface area contributed by atoms with E-state index in [1.165, 1.54) is 0 Å². The summed E-state index contributed by atoms with van der Waals surface area (Å²) in [5.41, 5.74) is 1.42. The van der Waals surface area contributed by atoms with Gasteiger partial charge in [-0.3, -0.25) is 9.38 Å². The number of aromatic nitrogens is 3. The molecule has 0 unspecified atom stereocenters. The van der Waals surface area contributed by atoms with Crippen LogP contribution in [-0.2, 0) is 0 Å². The van der Waals surface area contributed by atoms with E-state index in [-0.39, 0.29) is 0 Å². The highest BCUT2D eigenvalue weighted by atomic mass is 15.0. The third-order valence-corrected chi connectivity index (χ3v) is 1.56. The highest BCUT2D eigenvalue weighted by Gasteiger charge is 1.97. The number of imidazole rings is 1. The van der Waals surface area contributed by atoms with E-state index in [9.17, 15) is 0 Å². The molecule has 60 valence electrons. The van der Waals surface area contributed by atoms with E-state index in [1.807, 2.05) is 0 Å². The summed E-state index contributed by atoms with van der Waals surface area (Å²) in [5, 5.41) is 8.27. The monoisotopic (exact) mass is 168 g/mol. The molecule has 0 aliphatic rings. The lowest BCUT2D eigenvalue weighted by molar-refractivity contribution is 1.11. The molecule has 2 aromatic heterocycles. The van der Waals surface area contributed by atoms with Crippen LogP contribution in [0.15, 0.2) is 24.8 Å². The van der Waals surface area contributed by atoms with Gasteiger partial charge in [0.1, 0.15) is 5.69 Å². The average molecular weight is 168 g/mol. The van der Waals surface area contributed by atoms with Gasteiger partial charge in [-0.15, -0.1) is 0 Å². The first-order valence-corrected chi connectivity index (χ1v) is 3.59. The van der Waals surface area contributed by atoms with E-state index < -0.39 is 0 Å². The molecule has 4 heteroatoms. The molecule has 2 rings (SSSR count). The normalized spacial score (nSPS) is 8.85. The maximum absolute atomic E-state index is 8.27. The maximum atomic E-state index is 8.27. The predicted octanol–water partition coefficient (Wildman–Crippen LogP) is 0.604. The smallest absolute Gasteiger partial charge is 0.156 e. The standard InChI is InChI=1S/C9H4N4/c10-3-1-2-8-6-12-9-7-11-4-5-13(8)9/h4-7H. The van der Waals surface area contributed by atoms with Crippen molar-refractivity contribution in [1.82, 2.24) is 14.4 Å². The van der Waals surface area contributed by atoms with Gasteiger partial charge >= 0.3 is 0 Å². The van der Waals surface area contributed by atoms with Crippen molar-refractivity contribution in [3.8, 4) is 17.9 Å². The lowest BCUT2D eigenvalue weighted by Gasteiger charge is -1.90. The topological polar surface area (TPSA) is 54.0 Å². The molecule has 0 saturated carbocycles. The van der Waals surface area contributed by atoms with Gasteiger partial charge in [-0.2, -0.15) is 5.26 Å². The highest BCUT2D eigenvalue weighted by molar-refractivity contribution is 5.43. The molecule has 0 radical (unpaired) electrons. The van der Waals surface area contributed by atoms with Crippen LogP contribution in [0.1, 0.15) is 5.69 Å². The second kappa shape index (κ2) is 2.96. The third kappa shape index (κ3) is 1.21. The van der Waals surface area contributed by atoms with E-state index in [1.54, 1.807) is 35.3 Å². The second-order valence-corrected chi connectivity index (χ2v) is 2.31. The van der Waals surface area contributed by atoms with Crippen LogP contribution in [0, 0.1) is 23.2 Å². The molecule has 2 aromatic rings. The molecule has 0 N–H and O–H groups in total. The Morgan fingerprint density at radius 2 is 2.31 bits per heavy atom. The van der Waals surface area contributed by atoms with E-state index in [0.29, 0.717) is 5.69 Å². The van der Waals surface area contributed by atoms with Crippen molar-refractivity contribution in [2.24, 2.45) is 0 Å². The highest BCUT2D eigenvalue weighted by Crippen LogP contribution is 2.02. The molecule has 0 aliphatic carbocycles. The molecule has 0 saturated heterocycles. The Bertz CT molecular complexity index is 536. The van der Waals surface area contributed by atoms with Crippen molar-refractivity contribution in [3.05, 3.63) is 30.5 Å². The van der Waals surface area contributed by atoms with E-state index in [4.69, 9.17) is 5.26 Å². The number of hydrogen-bond donors (Lipinski definition) is 0. The van der Waals surface area contributed by atoms with Crippen LogP contribution in [0.4, 0.5) is 0 Å². The molecular formula is C9H4N4. The van der Waals surface area contributed by atoms with Gasteiger partial charge in [-0.1, -0.05) is 0 Å². The number of nitrogens with zero attached hydrogens (tertiary/aromatic N) is 4. The Balaban J connectivity index is 2.66. The SMILES string of the molecule is N#CC#Cc1cnc2cnccn12. The fraction of sp³-hybridized carbons (Fsp3) is 0. The molecule has 0 aliphatic heterocycles. The van der Waals surface area contributed by atoms with Gasteiger partial charge in [0.2, 0.25) is 0 Å². The van der Waals surface area contributed by atoms with Gasteiger partial charge in [0.25, 0.3) is 0 Å². The molecule has 0 atom stereocenters. The van der Waals surface area contributed by atoms with Gasteiger partial charge in [0.05, 0.1) is 12.4 Å². The lowest BCUT2D eigenvalue weighted by Crippen LogP contribution is -1.87. The van der Waals surface area contributed by atoms with Gasteiger partial charge in [0.15, 0.2) is 11.7 Å². The summed E-state index contributed by atoms with van der Waals surface area (Å²) in [6.07, 6.45) is 6.65. The number of fused-ring (bicyclic) bond motifs is 1. The van der Waals surface area contributed by atoms with Crippen LogP contribution in [0.25, 0.3) is 5.65 Å². The van der Waals surface area contributed by atoms with E-state index >= 15 is 0 Å². The minimum atomic E-state index is 0.693. The molecule has 13 heavy (non-hydrogen) atoms. The molecule has 0 fully saturated rings. The Hall–Kier alpha value is -2.33. The Morgan fingerprint density at radius 3 is 3.15 bits per heavy atom. The summed E-state index contributed by atoms with van der Waals surface area (Å²) in [6.45, 7) is 0. The Kier molecular flexibility index (Phi) is 1.67. The summed E-state index contributed by atoms with van der Waals surface area (Å²) in [5.74, 6) is 5.00. The molecule has 0 amide bonds. The molecule has 2 heterocycles. The molecule has 0 aromatic carbocycles. The van der Waals surface area contributed by atoms with Crippen molar-refractivity contribution in [2.45, 2.75) is 0 Å². The summed E-state index contributed by atoms with van der Waals surface area (Å²) < 4.78 is 1.78. The van der Waals surface area contributed by atoms with Crippen LogP contribution >= 0.6 is 0 Å². The average Bonchev–Trinajstić information content (AvgIpc) is 2.58. The van der Waals surface area contributed by atoms with Gasteiger partial charge in [-0.05, 0) is 5.92 Å². The van der Waals surface area contributed by atoms with Crippen molar-refractivity contribution >= 4 is 5.65 Å². The van der Waals surface area contributed by atoms with Crippen LogP contribution in [0.2, 0.25) is 0 Å². The van der Waals surface area contributed by atoms with Crippen molar-refractivity contribution in [1.29, 1.82) is 5.26 Å². The zero-order chi connectivity index (χ0) is 9.10. The molecular weight excluding hydrogens is 164 g/mol. The first-order valence-electron chi connectivity index (χ1n) is 3.59. The van der Waals surface area contributed by atoms with E-state index in [2.05, 4.69) is 21.8 Å². The number of nitriles is 1. The second-order valence-electron chi connectivity index (χ2n) is 2.31. The molecule has 0 spiro atoms. The minimum absolute atomic E-state index is 0.693. The summed E-state index contributed by atoms with van der Waals surface area (Å²) in [6, 6.07) is 1.75. The minimum Gasteiger partial charge on any atom is -0.290 e. The van der Waals surface area contributed by atoms with Crippen LogP contribution in [0.3, 0.4) is 0 Å². The zero-order valence-electron chi connectivity index (χ0n) is 6.60. The number of hydrogen-bond acceptors (Lipinski definition) is 3. The molecule has 0 bridgehead atoms. The van der Waals surface area contributed by atoms with Gasteiger partial charge < -0.3 is 0 Å². The Labute approximate surface area is 74.5 Å². The van der Waals surface area contributed by atoms with Crippen molar-refractivity contribution in [3.63, 3.8) is 0 Å².